The Morgan fingerprint density at radius 2 is 1.90 bits per heavy atom. The largest absolute Gasteiger partial charge is 0.397 e. The number of nitrogen functional groups attached to an aromatic ring is 1. The fourth-order valence-electron chi connectivity index (χ4n) is 1.67. The molecule has 0 saturated carbocycles. The maximum atomic E-state index is 13.5. The van der Waals surface area contributed by atoms with Crippen LogP contribution in [0.4, 0.5) is 30.6 Å². The predicted molar refractivity (Wildman–Crippen MR) is 79.6 cm³/mol. The van der Waals surface area contributed by atoms with Gasteiger partial charge in [-0.05, 0) is 30.7 Å². The Morgan fingerprint density at radius 1 is 1.19 bits per heavy atom. The summed E-state index contributed by atoms with van der Waals surface area (Å²) in [7, 11) is 0. The number of aryl methyl sites for hydroxylation is 1. The molecule has 2 aromatic carbocycles. The zero-order valence-corrected chi connectivity index (χ0v) is 11.8. The van der Waals surface area contributed by atoms with Gasteiger partial charge in [0.15, 0.2) is 5.82 Å². The molecule has 4 nitrogen and oxygen atoms in total. The topological polar surface area (TPSA) is 67.2 Å². The van der Waals surface area contributed by atoms with Gasteiger partial charge in [0, 0.05) is 16.8 Å². The molecule has 21 heavy (non-hydrogen) atoms. The molecule has 0 aliphatic carbocycles. The van der Waals surface area contributed by atoms with Crippen molar-refractivity contribution in [2.45, 2.75) is 6.92 Å². The summed E-state index contributed by atoms with van der Waals surface area (Å²) in [6.45, 7) is 1.82. The van der Waals surface area contributed by atoms with Crippen LogP contribution in [0.5, 0.6) is 0 Å². The van der Waals surface area contributed by atoms with Crippen LogP contribution in [0.2, 0.25) is 5.02 Å². The molecule has 2 rings (SSSR count). The van der Waals surface area contributed by atoms with Gasteiger partial charge in [-0.15, -0.1) is 0 Å². The molecule has 0 heterocycles. The summed E-state index contributed by atoms with van der Waals surface area (Å²) in [5, 5.41) is 5.19. The molecule has 0 fully saturated rings. The van der Waals surface area contributed by atoms with Crippen LogP contribution in [-0.2, 0) is 0 Å². The number of anilines is 3. The number of nitrogens with one attached hydrogen (secondary N) is 2. The summed E-state index contributed by atoms with van der Waals surface area (Å²) >= 11 is 5.93. The Balaban J connectivity index is 2.13. The van der Waals surface area contributed by atoms with Gasteiger partial charge >= 0.3 is 6.03 Å². The van der Waals surface area contributed by atoms with Gasteiger partial charge in [-0.25, -0.2) is 13.6 Å². The predicted octanol–water partition coefficient (Wildman–Crippen LogP) is 4.15. The standard InChI is InChI=1S/C14H12ClF2N3O/c1-7-2-3-9(6-10(7)15)19-14(21)20-13-11(17)4-8(16)5-12(13)18/h2-6H,18H2,1H3,(H2,19,20,21). The van der Waals surface area contributed by atoms with Crippen LogP contribution < -0.4 is 16.4 Å². The van der Waals surface area contributed by atoms with Gasteiger partial charge in [0.25, 0.3) is 0 Å². The molecule has 7 heteroatoms. The lowest BCUT2D eigenvalue weighted by molar-refractivity contribution is 0.262. The first-order valence-electron chi connectivity index (χ1n) is 5.95. The molecule has 0 aliphatic rings. The SMILES string of the molecule is Cc1ccc(NC(=O)Nc2c(N)cc(F)cc2F)cc1Cl. The van der Waals surface area contributed by atoms with Gasteiger partial charge in [-0.3, -0.25) is 0 Å². The van der Waals surface area contributed by atoms with E-state index in [4.69, 9.17) is 17.3 Å². The molecular weight excluding hydrogens is 300 g/mol. The Bertz CT molecular complexity index is 684. The summed E-state index contributed by atoms with van der Waals surface area (Å²) in [6, 6.07) is 5.76. The second-order valence-electron chi connectivity index (χ2n) is 4.39. The van der Waals surface area contributed by atoms with Gasteiger partial charge in [-0.2, -0.15) is 0 Å². The van der Waals surface area contributed by atoms with Crippen molar-refractivity contribution in [3.8, 4) is 0 Å². The van der Waals surface area contributed by atoms with Crippen molar-refractivity contribution in [1.82, 2.24) is 0 Å². The molecule has 2 amide bonds. The Hall–Kier alpha value is -2.34. The summed E-state index contributed by atoms with van der Waals surface area (Å²) in [6.07, 6.45) is 0. The third-order valence-corrected chi connectivity index (χ3v) is 3.16. The number of hydrogen-bond donors (Lipinski definition) is 3. The summed E-state index contributed by atoms with van der Waals surface area (Å²) in [5.41, 5.74) is 6.27. The van der Waals surface area contributed by atoms with E-state index >= 15 is 0 Å². The first-order valence-corrected chi connectivity index (χ1v) is 6.33. The molecule has 2 aromatic rings. The smallest absolute Gasteiger partial charge is 0.323 e. The van der Waals surface area contributed by atoms with Gasteiger partial charge in [0.05, 0.1) is 5.69 Å². The Kier molecular flexibility index (Phi) is 4.28. The fraction of sp³-hybridized carbons (Fsp3) is 0.0714. The van der Waals surface area contributed by atoms with Gasteiger partial charge in [0.2, 0.25) is 0 Å². The number of benzene rings is 2. The van der Waals surface area contributed by atoms with E-state index in [1.54, 1.807) is 18.2 Å². The monoisotopic (exact) mass is 311 g/mol. The van der Waals surface area contributed by atoms with Crippen molar-refractivity contribution >= 4 is 34.7 Å². The third kappa shape index (κ3) is 3.61. The molecule has 0 bridgehead atoms. The molecule has 0 saturated heterocycles. The average Bonchev–Trinajstić information content (AvgIpc) is 2.38. The second kappa shape index (κ2) is 5.97. The van der Waals surface area contributed by atoms with Crippen LogP contribution in [-0.4, -0.2) is 6.03 Å². The van der Waals surface area contributed by atoms with Crippen molar-refractivity contribution in [3.05, 3.63) is 52.6 Å². The molecule has 0 radical (unpaired) electrons. The van der Waals surface area contributed by atoms with E-state index in [-0.39, 0.29) is 11.4 Å². The number of rotatable bonds is 2. The third-order valence-electron chi connectivity index (χ3n) is 2.75. The molecule has 4 N–H and O–H groups in total. The van der Waals surface area contributed by atoms with Gasteiger partial charge < -0.3 is 16.4 Å². The molecule has 0 aromatic heterocycles. The zero-order chi connectivity index (χ0) is 15.6. The lowest BCUT2D eigenvalue weighted by Crippen LogP contribution is -2.21. The van der Waals surface area contributed by atoms with E-state index in [1.165, 1.54) is 0 Å². The van der Waals surface area contributed by atoms with Crippen molar-refractivity contribution in [1.29, 1.82) is 0 Å². The Morgan fingerprint density at radius 3 is 2.52 bits per heavy atom. The molecule has 0 aliphatic heterocycles. The zero-order valence-electron chi connectivity index (χ0n) is 11.0. The minimum Gasteiger partial charge on any atom is -0.397 e. The highest BCUT2D eigenvalue weighted by Crippen LogP contribution is 2.24. The lowest BCUT2D eigenvalue weighted by atomic mass is 10.2. The van der Waals surface area contributed by atoms with Crippen LogP contribution in [0.1, 0.15) is 5.56 Å². The van der Waals surface area contributed by atoms with Crippen LogP contribution in [0.15, 0.2) is 30.3 Å². The van der Waals surface area contributed by atoms with E-state index in [0.717, 1.165) is 11.6 Å². The molecule has 0 spiro atoms. The maximum Gasteiger partial charge on any atom is 0.323 e. The highest BCUT2D eigenvalue weighted by molar-refractivity contribution is 6.31. The van der Waals surface area contributed by atoms with Gasteiger partial charge in [-0.1, -0.05) is 17.7 Å². The summed E-state index contributed by atoms with van der Waals surface area (Å²) in [5.74, 6) is -1.77. The lowest BCUT2D eigenvalue weighted by Gasteiger charge is -2.11. The van der Waals surface area contributed by atoms with E-state index in [9.17, 15) is 13.6 Å². The fourth-order valence-corrected chi connectivity index (χ4v) is 1.85. The van der Waals surface area contributed by atoms with Crippen molar-refractivity contribution in [3.63, 3.8) is 0 Å². The number of halogens is 3. The second-order valence-corrected chi connectivity index (χ2v) is 4.80. The first-order chi connectivity index (χ1) is 9.86. The first kappa shape index (κ1) is 15.1. The summed E-state index contributed by atoms with van der Waals surface area (Å²) < 4.78 is 26.5. The maximum absolute atomic E-state index is 13.5. The number of hydrogen-bond acceptors (Lipinski definition) is 2. The Labute approximate surface area is 124 Å². The minimum absolute atomic E-state index is 0.204. The van der Waals surface area contributed by atoms with Crippen molar-refractivity contribution in [2.75, 3.05) is 16.4 Å². The quantitative estimate of drug-likeness (QED) is 0.729. The molecular formula is C14H12ClF2N3O. The van der Waals surface area contributed by atoms with Crippen LogP contribution >= 0.6 is 11.6 Å². The van der Waals surface area contributed by atoms with E-state index < -0.39 is 17.7 Å². The van der Waals surface area contributed by atoms with Crippen LogP contribution in [0.3, 0.4) is 0 Å². The number of amides is 2. The molecule has 0 atom stereocenters. The van der Waals surface area contributed by atoms with Crippen molar-refractivity contribution in [2.24, 2.45) is 0 Å². The number of nitrogens with two attached hydrogens (primary N) is 1. The summed E-state index contributed by atoms with van der Waals surface area (Å²) in [4.78, 5) is 11.8. The van der Waals surface area contributed by atoms with Gasteiger partial charge in [0.1, 0.15) is 11.5 Å². The normalized spacial score (nSPS) is 10.3. The van der Waals surface area contributed by atoms with Crippen LogP contribution in [0, 0.1) is 18.6 Å². The number of carbonyl (C=O) groups is 1. The number of carbonyl (C=O) groups excluding carboxylic acids is 1. The van der Waals surface area contributed by atoms with E-state index in [1.807, 2.05) is 6.92 Å². The molecule has 0 unspecified atom stereocenters. The minimum atomic E-state index is -0.954. The van der Waals surface area contributed by atoms with E-state index in [2.05, 4.69) is 10.6 Å². The average molecular weight is 312 g/mol. The van der Waals surface area contributed by atoms with Crippen molar-refractivity contribution < 1.29 is 13.6 Å². The number of urea groups is 1. The molecule has 110 valence electrons. The highest BCUT2D eigenvalue weighted by atomic mass is 35.5. The van der Waals surface area contributed by atoms with Crippen LogP contribution in [0.25, 0.3) is 0 Å². The van der Waals surface area contributed by atoms with E-state index in [0.29, 0.717) is 16.8 Å². The highest BCUT2D eigenvalue weighted by Gasteiger charge is 2.12.